The second-order valence-corrected chi connectivity index (χ2v) is 5.09. The summed E-state index contributed by atoms with van der Waals surface area (Å²) in [6.07, 6.45) is -0.412. The van der Waals surface area contributed by atoms with E-state index in [1.165, 1.54) is 11.8 Å². The second-order valence-electron chi connectivity index (χ2n) is 4.11. The minimum atomic E-state index is -1.27. The molecule has 0 radical (unpaired) electrons. The number of nitrogens with one attached hydrogen (secondary N) is 1. The number of amides is 2. The van der Waals surface area contributed by atoms with Gasteiger partial charge in [0.2, 0.25) is 11.8 Å². The highest BCUT2D eigenvalue weighted by molar-refractivity contribution is 7.99. The van der Waals surface area contributed by atoms with Crippen LogP contribution in [0.15, 0.2) is 30.3 Å². The maximum Gasteiger partial charge on any atom is 0.326 e. The molecule has 1 rings (SSSR count). The number of thioether (sulfide) groups is 1. The maximum atomic E-state index is 11.6. The highest BCUT2D eigenvalue weighted by Crippen LogP contribution is 2.11. The van der Waals surface area contributed by atoms with Crippen molar-refractivity contribution in [2.45, 2.75) is 18.2 Å². The van der Waals surface area contributed by atoms with Gasteiger partial charge in [-0.25, -0.2) is 4.79 Å². The van der Waals surface area contributed by atoms with Crippen LogP contribution in [0, 0.1) is 0 Å². The van der Waals surface area contributed by atoms with E-state index in [1.54, 1.807) is 0 Å². The van der Waals surface area contributed by atoms with Gasteiger partial charge < -0.3 is 16.2 Å². The molecule has 1 unspecified atom stereocenters. The van der Waals surface area contributed by atoms with E-state index in [0.29, 0.717) is 5.75 Å². The SMILES string of the molecule is NC(=O)CC(NC(=O)CSCc1ccccc1)C(=O)O. The summed E-state index contributed by atoms with van der Waals surface area (Å²) >= 11 is 1.37. The number of aliphatic carboxylic acids is 1. The van der Waals surface area contributed by atoms with Crippen molar-refractivity contribution >= 4 is 29.5 Å². The van der Waals surface area contributed by atoms with Gasteiger partial charge in [0, 0.05) is 5.75 Å². The molecule has 0 spiro atoms. The van der Waals surface area contributed by atoms with E-state index in [-0.39, 0.29) is 5.75 Å². The van der Waals surface area contributed by atoms with Crippen molar-refractivity contribution in [3.05, 3.63) is 35.9 Å². The Balaban J connectivity index is 2.35. The molecule has 0 aliphatic heterocycles. The van der Waals surface area contributed by atoms with Crippen LogP contribution in [0.4, 0.5) is 0 Å². The van der Waals surface area contributed by atoms with Crippen LogP contribution in [0.2, 0.25) is 0 Å². The largest absolute Gasteiger partial charge is 0.480 e. The molecular weight excluding hydrogens is 280 g/mol. The lowest BCUT2D eigenvalue weighted by Gasteiger charge is -2.12. The Morgan fingerprint density at radius 1 is 1.25 bits per heavy atom. The number of carboxylic acids is 1. The number of carboxylic acid groups (broad SMARTS) is 1. The molecule has 20 heavy (non-hydrogen) atoms. The molecule has 6 nitrogen and oxygen atoms in total. The first kappa shape index (κ1) is 16.0. The summed E-state index contributed by atoms with van der Waals surface area (Å²) in [7, 11) is 0. The monoisotopic (exact) mass is 296 g/mol. The Bertz CT molecular complexity index is 479. The molecule has 108 valence electrons. The third kappa shape index (κ3) is 6.24. The van der Waals surface area contributed by atoms with Gasteiger partial charge in [-0.15, -0.1) is 11.8 Å². The van der Waals surface area contributed by atoms with Crippen LogP contribution in [0.1, 0.15) is 12.0 Å². The maximum absolute atomic E-state index is 11.6. The topological polar surface area (TPSA) is 109 Å². The number of primary amides is 1. The Morgan fingerprint density at radius 3 is 2.45 bits per heavy atom. The fraction of sp³-hybridized carbons (Fsp3) is 0.308. The fourth-order valence-electron chi connectivity index (χ4n) is 1.47. The molecule has 0 fully saturated rings. The van der Waals surface area contributed by atoms with Crippen molar-refractivity contribution in [2.75, 3.05) is 5.75 Å². The van der Waals surface area contributed by atoms with E-state index in [0.717, 1.165) is 5.56 Å². The van der Waals surface area contributed by atoms with Crippen LogP contribution in [0.3, 0.4) is 0 Å². The number of benzene rings is 1. The van der Waals surface area contributed by atoms with Crippen LogP contribution in [0.5, 0.6) is 0 Å². The molecule has 0 aliphatic carbocycles. The molecule has 1 aromatic rings. The Kier molecular flexibility index (Phi) is 6.58. The molecule has 0 saturated carbocycles. The van der Waals surface area contributed by atoms with Crippen LogP contribution in [-0.4, -0.2) is 34.7 Å². The van der Waals surface area contributed by atoms with E-state index >= 15 is 0 Å². The first-order valence-corrected chi connectivity index (χ1v) is 7.06. The van der Waals surface area contributed by atoms with Crippen molar-refractivity contribution in [2.24, 2.45) is 5.73 Å². The molecule has 0 heterocycles. The fourth-order valence-corrected chi connectivity index (χ4v) is 2.27. The molecule has 0 aromatic heterocycles. The summed E-state index contributed by atoms with van der Waals surface area (Å²) < 4.78 is 0. The number of carbonyl (C=O) groups excluding carboxylic acids is 2. The highest BCUT2D eigenvalue weighted by atomic mass is 32.2. The molecule has 0 saturated heterocycles. The molecule has 7 heteroatoms. The summed E-state index contributed by atoms with van der Waals surface area (Å²) in [6.45, 7) is 0. The first-order valence-electron chi connectivity index (χ1n) is 5.91. The van der Waals surface area contributed by atoms with Crippen molar-refractivity contribution < 1.29 is 19.5 Å². The predicted molar refractivity (Wildman–Crippen MR) is 76.0 cm³/mol. The molecule has 0 aliphatic rings. The van der Waals surface area contributed by atoms with Gasteiger partial charge in [-0.05, 0) is 5.56 Å². The Hall–Kier alpha value is -2.02. The molecule has 1 aromatic carbocycles. The zero-order chi connectivity index (χ0) is 15.0. The number of hydrogen-bond donors (Lipinski definition) is 3. The van der Waals surface area contributed by atoms with Gasteiger partial charge in [0.1, 0.15) is 6.04 Å². The lowest BCUT2D eigenvalue weighted by Crippen LogP contribution is -2.44. The standard InChI is InChI=1S/C13H16N2O4S/c14-11(16)6-10(13(18)19)15-12(17)8-20-7-9-4-2-1-3-5-9/h1-5,10H,6-8H2,(H2,14,16)(H,15,17)(H,18,19). The van der Waals surface area contributed by atoms with Crippen LogP contribution in [0.25, 0.3) is 0 Å². The summed E-state index contributed by atoms with van der Waals surface area (Å²) in [5, 5.41) is 11.1. The average molecular weight is 296 g/mol. The minimum Gasteiger partial charge on any atom is -0.480 e. The lowest BCUT2D eigenvalue weighted by molar-refractivity contribution is -0.143. The van der Waals surface area contributed by atoms with Crippen LogP contribution >= 0.6 is 11.8 Å². The number of rotatable bonds is 8. The van der Waals surface area contributed by atoms with E-state index in [1.807, 2.05) is 30.3 Å². The van der Waals surface area contributed by atoms with Gasteiger partial charge >= 0.3 is 5.97 Å². The highest BCUT2D eigenvalue weighted by Gasteiger charge is 2.21. The molecule has 4 N–H and O–H groups in total. The Labute approximate surface area is 120 Å². The normalized spacial score (nSPS) is 11.6. The van der Waals surface area contributed by atoms with Gasteiger partial charge in [0.25, 0.3) is 0 Å². The smallest absolute Gasteiger partial charge is 0.326 e. The van der Waals surface area contributed by atoms with Gasteiger partial charge in [-0.2, -0.15) is 0 Å². The van der Waals surface area contributed by atoms with Gasteiger partial charge in [-0.1, -0.05) is 30.3 Å². The van der Waals surface area contributed by atoms with E-state index < -0.39 is 30.2 Å². The van der Waals surface area contributed by atoms with Crippen LogP contribution in [-0.2, 0) is 20.1 Å². The van der Waals surface area contributed by atoms with Gasteiger partial charge in [-0.3, -0.25) is 9.59 Å². The molecule has 1 atom stereocenters. The second kappa shape index (κ2) is 8.21. The van der Waals surface area contributed by atoms with E-state index in [9.17, 15) is 14.4 Å². The quantitative estimate of drug-likeness (QED) is 0.642. The Morgan fingerprint density at radius 2 is 1.90 bits per heavy atom. The van der Waals surface area contributed by atoms with Crippen molar-refractivity contribution in [3.8, 4) is 0 Å². The number of nitrogens with two attached hydrogens (primary N) is 1. The molecule has 0 bridgehead atoms. The van der Waals surface area contributed by atoms with Gasteiger partial charge in [0.05, 0.1) is 12.2 Å². The predicted octanol–water partition coefficient (Wildman–Crippen LogP) is 0.365. The summed E-state index contributed by atoms with van der Waals surface area (Å²) in [6, 6.07) is 8.34. The summed E-state index contributed by atoms with van der Waals surface area (Å²) in [4.78, 5) is 33.1. The molecule has 2 amide bonds. The third-order valence-electron chi connectivity index (χ3n) is 2.38. The van der Waals surface area contributed by atoms with E-state index in [2.05, 4.69) is 5.32 Å². The summed E-state index contributed by atoms with van der Waals surface area (Å²) in [5.41, 5.74) is 6.00. The van der Waals surface area contributed by atoms with Crippen molar-refractivity contribution in [1.82, 2.24) is 5.32 Å². The first-order chi connectivity index (χ1) is 9.49. The summed E-state index contributed by atoms with van der Waals surface area (Å²) in [5.74, 6) is -1.70. The average Bonchev–Trinajstić information content (AvgIpc) is 2.38. The molecular formula is C13H16N2O4S. The van der Waals surface area contributed by atoms with E-state index in [4.69, 9.17) is 10.8 Å². The van der Waals surface area contributed by atoms with Crippen molar-refractivity contribution in [3.63, 3.8) is 0 Å². The lowest BCUT2D eigenvalue weighted by atomic mass is 10.2. The third-order valence-corrected chi connectivity index (χ3v) is 3.39. The number of hydrogen-bond acceptors (Lipinski definition) is 4. The zero-order valence-corrected chi connectivity index (χ0v) is 11.6. The minimum absolute atomic E-state index is 0.122. The number of carbonyl (C=O) groups is 3. The van der Waals surface area contributed by atoms with Gasteiger partial charge in [0.15, 0.2) is 0 Å². The van der Waals surface area contributed by atoms with Crippen LogP contribution < -0.4 is 11.1 Å². The zero-order valence-electron chi connectivity index (χ0n) is 10.7. The van der Waals surface area contributed by atoms with Crippen molar-refractivity contribution in [1.29, 1.82) is 0 Å².